The Balaban J connectivity index is 1.69. The Bertz CT molecular complexity index is 922. The fourth-order valence-corrected chi connectivity index (χ4v) is 2.68. The van der Waals surface area contributed by atoms with Crippen LogP contribution in [-0.2, 0) is 14.8 Å². The van der Waals surface area contributed by atoms with Gasteiger partial charge in [0.25, 0.3) is 0 Å². The quantitative estimate of drug-likeness (QED) is 0.820. The number of anilines is 1. The molecule has 3 N–H and O–H groups in total. The van der Waals surface area contributed by atoms with Crippen molar-refractivity contribution >= 4 is 27.7 Å². The summed E-state index contributed by atoms with van der Waals surface area (Å²) in [5, 5.41) is 7.63. The molecule has 0 saturated carbocycles. The molecule has 0 fully saturated rings. The van der Waals surface area contributed by atoms with Gasteiger partial charge in [-0.1, -0.05) is 12.1 Å². The van der Waals surface area contributed by atoms with Crippen LogP contribution >= 0.6 is 0 Å². The van der Waals surface area contributed by atoms with E-state index in [1.807, 2.05) is 0 Å². The number of nitrogens with one attached hydrogen (secondary N) is 1. The van der Waals surface area contributed by atoms with Gasteiger partial charge in [0, 0.05) is 11.8 Å². The third-order valence-corrected chi connectivity index (χ3v) is 4.16. The number of hydrogen-bond donors (Lipinski definition) is 2. The minimum absolute atomic E-state index is 0.0694. The molecule has 1 amide bonds. The van der Waals surface area contributed by atoms with Crippen molar-refractivity contribution < 1.29 is 22.7 Å². The van der Waals surface area contributed by atoms with Crippen molar-refractivity contribution in [3.63, 3.8) is 0 Å². The third-order valence-electron chi connectivity index (χ3n) is 3.25. The number of ether oxygens (including phenoxy) is 2. The Morgan fingerprint density at radius 2 is 1.92 bits per heavy atom. The Morgan fingerprint density at radius 3 is 2.71 bits per heavy atom. The van der Waals surface area contributed by atoms with Gasteiger partial charge in [0.05, 0.1) is 4.90 Å². The maximum Gasteiger partial charge on any atom is 0.248 e. The second kappa shape index (κ2) is 6.34. The molecule has 2 aromatic carbocycles. The van der Waals surface area contributed by atoms with E-state index < -0.39 is 15.9 Å². The van der Waals surface area contributed by atoms with Gasteiger partial charge in [-0.2, -0.15) is 0 Å². The molecule has 24 heavy (non-hydrogen) atoms. The summed E-state index contributed by atoms with van der Waals surface area (Å²) in [6.45, 7) is 0.184. The van der Waals surface area contributed by atoms with Gasteiger partial charge in [0.2, 0.25) is 22.7 Å². The lowest BCUT2D eigenvalue weighted by Gasteiger charge is -2.04. The molecule has 0 spiro atoms. The number of hydrogen-bond acceptors (Lipinski definition) is 5. The van der Waals surface area contributed by atoms with Gasteiger partial charge in [0.1, 0.15) is 0 Å². The summed E-state index contributed by atoms with van der Waals surface area (Å²) < 4.78 is 33.1. The van der Waals surface area contributed by atoms with Crippen LogP contribution in [0.1, 0.15) is 5.56 Å². The zero-order valence-corrected chi connectivity index (χ0v) is 13.2. The molecule has 0 unspecified atom stereocenters. The van der Waals surface area contributed by atoms with E-state index in [9.17, 15) is 13.2 Å². The van der Waals surface area contributed by atoms with Crippen LogP contribution in [-0.4, -0.2) is 21.1 Å². The molecule has 1 aliphatic rings. The number of rotatable bonds is 4. The van der Waals surface area contributed by atoms with E-state index in [4.69, 9.17) is 14.6 Å². The second-order valence-corrected chi connectivity index (χ2v) is 6.57. The van der Waals surface area contributed by atoms with E-state index in [1.54, 1.807) is 30.3 Å². The molecule has 124 valence electrons. The van der Waals surface area contributed by atoms with E-state index in [0.29, 0.717) is 17.2 Å². The summed E-state index contributed by atoms with van der Waals surface area (Å²) in [4.78, 5) is 11.9. The smallest absolute Gasteiger partial charge is 0.248 e. The molecule has 0 saturated heterocycles. The molecule has 0 aliphatic carbocycles. The number of sulfonamides is 1. The molecule has 1 aliphatic heterocycles. The van der Waals surface area contributed by atoms with Crippen molar-refractivity contribution in [3.8, 4) is 11.5 Å². The van der Waals surface area contributed by atoms with Gasteiger partial charge < -0.3 is 14.8 Å². The van der Waals surface area contributed by atoms with Crippen LogP contribution in [0.5, 0.6) is 11.5 Å². The largest absolute Gasteiger partial charge is 0.454 e. The first kappa shape index (κ1) is 16.0. The van der Waals surface area contributed by atoms with E-state index in [1.165, 1.54) is 24.3 Å². The van der Waals surface area contributed by atoms with Gasteiger partial charge in [-0.05, 0) is 42.0 Å². The molecule has 7 nitrogen and oxygen atoms in total. The molecular weight excluding hydrogens is 332 g/mol. The summed E-state index contributed by atoms with van der Waals surface area (Å²) in [6, 6.07) is 11.0. The van der Waals surface area contributed by atoms with Crippen molar-refractivity contribution in [2.24, 2.45) is 5.14 Å². The lowest BCUT2D eigenvalue weighted by Crippen LogP contribution is -2.13. The first-order valence-electron chi connectivity index (χ1n) is 6.93. The standard InChI is InChI=1S/C16H14N2O5S/c17-24(20,21)13-3-1-2-12(9-13)18-16(19)7-5-11-4-6-14-15(8-11)23-10-22-14/h1-9H,10H2,(H,18,19)(H2,17,20,21). The zero-order chi connectivity index (χ0) is 17.2. The first-order valence-corrected chi connectivity index (χ1v) is 8.48. The molecular formula is C16H14N2O5S. The van der Waals surface area contributed by atoms with Crippen LogP contribution in [0.4, 0.5) is 5.69 Å². The van der Waals surface area contributed by atoms with Crippen LogP contribution in [0.3, 0.4) is 0 Å². The van der Waals surface area contributed by atoms with Gasteiger partial charge in [-0.3, -0.25) is 4.79 Å². The molecule has 2 aromatic rings. The number of primary sulfonamides is 1. The first-order chi connectivity index (χ1) is 11.4. The number of benzene rings is 2. The lowest BCUT2D eigenvalue weighted by molar-refractivity contribution is -0.111. The number of fused-ring (bicyclic) bond motifs is 1. The van der Waals surface area contributed by atoms with Gasteiger partial charge in [0.15, 0.2) is 11.5 Å². The van der Waals surface area contributed by atoms with E-state index in [-0.39, 0.29) is 11.7 Å². The predicted octanol–water partition coefficient (Wildman–Crippen LogP) is 1.71. The summed E-state index contributed by atoms with van der Waals surface area (Å²) >= 11 is 0. The monoisotopic (exact) mass is 346 g/mol. The lowest BCUT2D eigenvalue weighted by atomic mass is 10.2. The van der Waals surface area contributed by atoms with E-state index in [0.717, 1.165) is 5.56 Å². The van der Waals surface area contributed by atoms with Crippen molar-refractivity contribution in [2.45, 2.75) is 4.90 Å². The maximum atomic E-state index is 11.9. The third kappa shape index (κ3) is 3.73. The highest BCUT2D eigenvalue weighted by Crippen LogP contribution is 2.32. The zero-order valence-electron chi connectivity index (χ0n) is 12.4. The van der Waals surface area contributed by atoms with Crippen molar-refractivity contribution in [1.29, 1.82) is 0 Å². The SMILES string of the molecule is NS(=O)(=O)c1cccc(NC(=O)C=Cc2ccc3c(c2)OCO3)c1. The average Bonchev–Trinajstić information content (AvgIpc) is 3.00. The van der Waals surface area contributed by atoms with Gasteiger partial charge in [-0.25, -0.2) is 13.6 Å². The Morgan fingerprint density at radius 1 is 1.12 bits per heavy atom. The fourth-order valence-electron chi connectivity index (χ4n) is 2.12. The molecule has 0 radical (unpaired) electrons. The van der Waals surface area contributed by atoms with Crippen molar-refractivity contribution in [2.75, 3.05) is 12.1 Å². The normalized spacial score (nSPS) is 13.2. The fraction of sp³-hybridized carbons (Fsp3) is 0.0625. The van der Waals surface area contributed by atoms with Crippen molar-refractivity contribution in [1.82, 2.24) is 0 Å². The highest BCUT2D eigenvalue weighted by molar-refractivity contribution is 7.89. The minimum atomic E-state index is -3.82. The molecule has 3 rings (SSSR count). The second-order valence-electron chi connectivity index (χ2n) is 5.01. The molecule has 8 heteroatoms. The Kier molecular flexibility index (Phi) is 4.24. The summed E-state index contributed by atoms with van der Waals surface area (Å²) in [6.07, 6.45) is 2.95. The van der Waals surface area contributed by atoms with E-state index in [2.05, 4.69) is 5.32 Å². The summed E-state index contributed by atoms with van der Waals surface area (Å²) in [7, 11) is -3.82. The minimum Gasteiger partial charge on any atom is -0.454 e. The molecule has 0 atom stereocenters. The number of carbonyl (C=O) groups excluding carboxylic acids is 1. The summed E-state index contributed by atoms with van der Waals surface area (Å²) in [5.41, 5.74) is 1.11. The number of carbonyl (C=O) groups is 1. The van der Waals surface area contributed by atoms with Crippen LogP contribution in [0.15, 0.2) is 53.4 Å². The van der Waals surface area contributed by atoms with Gasteiger partial charge >= 0.3 is 0 Å². The number of amides is 1. The van der Waals surface area contributed by atoms with Gasteiger partial charge in [-0.15, -0.1) is 0 Å². The van der Waals surface area contributed by atoms with Crippen LogP contribution < -0.4 is 19.9 Å². The Labute approximate surface area is 138 Å². The maximum absolute atomic E-state index is 11.9. The van der Waals surface area contributed by atoms with Crippen LogP contribution in [0.25, 0.3) is 6.08 Å². The highest BCUT2D eigenvalue weighted by Gasteiger charge is 2.12. The molecule has 0 aromatic heterocycles. The van der Waals surface area contributed by atoms with Crippen LogP contribution in [0.2, 0.25) is 0 Å². The molecule has 1 heterocycles. The predicted molar refractivity (Wildman–Crippen MR) is 88.0 cm³/mol. The summed E-state index contributed by atoms with van der Waals surface area (Å²) in [5.74, 6) is 0.883. The Hall–Kier alpha value is -2.84. The highest BCUT2D eigenvalue weighted by atomic mass is 32.2. The van der Waals surface area contributed by atoms with E-state index >= 15 is 0 Å². The molecule has 0 bridgehead atoms. The van der Waals surface area contributed by atoms with Crippen molar-refractivity contribution in [3.05, 3.63) is 54.1 Å². The number of nitrogens with two attached hydrogens (primary N) is 1. The topological polar surface area (TPSA) is 108 Å². The average molecular weight is 346 g/mol. The van der Waals surface area contributed by atoms with Crippen LogP contribution in [0, 0.1) is 0 Å².